The maximum absolute atomic E-state index is 7.34. The molecular formula is C6H8Cl3NO2. The van der Waals surface area contributed by atoms with Crippen LogP contribution in [0.2, 0.25) is 0 Å². The molecule has 1 saturated heterocycles. The number of alkyl halides is 3. The molecule has 1 N–H and O–H groups in total. The third-order valence-electron chi connectivity index (χ3n) is 1.44. The molecule has 3 nitrogen and oxygen atoms in total. The van der Waals surface area contributed by atoms with Gasteiger partial charge in [0.05, 0.1) is 0 Å². The molecule has 1 heterocycles. The molecule has 12 heavy (non-hydrogen) atoms. The molecule has 0 aliphatic carbocycles. The van der Waals surface area contributed by atoms with Crippen LogP contribution >= 0.6 is 34.8 Å². The summed E-state index contributed by atoms with van der Waals surface area (Å²) in [5, 5.41) is 7.34. The fraction of sp³-hybridized carbons (Fsp3) is 0.833. The Labute approximate surface area is 85.4 Å². The van der Waals surface area contributed by atoms with Crippen LogP contribution in [0.3, 0.4) is 0 Å². The average molecular weight is 232 g/mol. The molecule has 1 rings (SSSR count). The van der Waals surface area contributed by atoms with E-state index in [1.165, 1.54) is 0 Å². The highest BCUT2D eigenvalue weighted by Gasteiger charge is 2.48. The highest BCUT2D eigenvalue weighted by Crippen LogP contribution is 2.39. The van der Waals surface area contributed by atoms with Crippen molar-refractivity contribution in [1.29, 1.82) is 5.41 Å². The van der Waals surface area contributed by atoms with Crippen LogP contribution in [0.25, 0.3) is 0 Å². The molecule has 70 valence electrons. The van der Waals surface area contributed by atoms with E-state index < -0.39 is 15.7 Å². The van der Waals surface area contributed by atoms with Crippen molar-refractivity contribution in [2.45, 2.75) is 29.5 Å². The van der Waals surface area contributed by atoms with Gasteiger partial charge in [-0.3, -0.25) is 5.41 Å². The first-order valence-corrected chi connectivity index (χ1v) is 4.37. The van der Waals surface area contributed by atoms with Crippen molar-refractivity contribution >= 4 is 40.7 Å². The molecule has 0 spiro atoms. The predicted octanol–water partition coefficient (Wildman–Crippen LogP) is 2.49. The smallest absolute Gasteiger partial charge is 0.252 e. The first-order valence-electron chi connectivity index (χ1n) is 3.24. The van der Waals surface area contributed by atoms with Crippen LogP contribution in [0.4, 0.5) is 0 Å². The van der Waals surface area contributed by atoms with E-state index in [1.807, 2.05) is 0 Å². The molecule has 0 radical (unpaired) electrons. The molecule has 6 heteroatoms. The Morgan fingerprint density at radius 1 is 1.42 bits per heavy atom. The van der Waals surface area contributed by atoms with Crippen LogP contribution in [0, 0.1) is 5.41 Å². The SMILES string of the molecule is CC1(C)OC(C(Cl)(Cl)Cl)OC1=N. The van der Waals surface area contributed by atoms with Crippen LogP contribution in [0.15, 0.2) is 0 Å². The van der Waals surface area contributed by atoms with E-state index in [0.717, 1.165) is 0 Å². The number of halogens is 3. The lowest BCUT2D eigenvalue weighted by atomic mass is 10.1. The molecule has 1 unspecified atom stereocenters. The Morgan fingerprint density at radius 2 is 1.92 bits per heavy atom. The van der Waals surface area contributed by atoms with Crippen molar-refractivity contribution < 1.29 is 9.47 Å². The molecule has 1 atom stereocenters. The maximum Gasteiger partial charge on any atom is 0.252 e. The lowest BCUT2D eigenvalue weighted by molar-refractivity contribution is -0.0726. The Hall–Kier alpha value is 0.300. The zero-order valence-electron chi connectivity index (χ0n) is 6.53. The topological polar surface area (TPSA) is 42.3 Å². The molecule has 0 bridgehead atoms. The molecule has 1 aliphatic rings. The van der Waals surface area contributed by atoms with Gasteiger partial charge in [-0.25, -0.2) is 0 Å². The maximum atomic E-state index is 7.34. The highest BCUT2D eigenvalue weighted by molar-refractivity contribution is 6.68. The van der Waals surface area contributed by atoms with Crippen LogP contribution in [-0.4, -0.2) is 21.6 Å². The quantitative estimate of drug-likeness (QED) is 0.652. The second kappa shape index (κ2) is 2.91. The summed E-state index contributed by atoms with van der Waals surface area (Å²) >= 11 is 16.5. The molecule has 0 aromatic heterocycles. The second-order valence-corrected chi connectivity index (χ2v) is 5.32. The number of ether oxygens (including phenoxy) is 2. The van der Waals surface area contributed by atoms with E-state index in [1.54, 1.807) is 13.8 Å². The molecule has 0 saturated carbocycles. The van der Waals surface area contributed by atoms with Gasteiger partial charge in [-0.05, 0) is 13.8 Å². The van der Waals surface area contributed by atoms with Crippen LogP contribution in [0.5, 0.6) is 0 Å². The fourth-order valence-electron chi connectivity index (χ4n) is 0.728. The van der Waals surface area contributed by atoms with Gasteiger partial charge in [-0.15, -0.1) is 0 Å². The van der Waals surface area contributed by atoms with Gasteiger partial charge in [0.1, 0.15) is 5.60 Å². The van der Waals surface area contributed by atoms with Crippen LogP contribution in [0.1, 0.15) is 13.8 Å². The van der Waals surface area contributed by atoms with Crippen molar-refractivity contribution in [3.8, 4) is 0 Å². The zero-order valence-corrected chi connectivity index (χ0v) is 8.80. The second-order valence-electron chi connectivity index (χ2n) is 2.95. The summed E-state index contributed by atoms with van der Waals surface area (Å²) in [7, 11) is 0. The summed E-state index contributed by atoms with van der Waals surface area (Å²) in [5.41, 5.74) is -0.811. The monoisotopic (exact) mass is 231 g/mol. The lowest BCUT2D eigenvalue weighted by Gasteiger charge is -2.18. The largest absolute Gasteiger partial charge is 0.445 e. The minimum absolute atomic E-state index is 0.0289. The van der Waals surface area contributed by atoms with Gasteiger partial charge in [-0.1, -0.05) is 34.8 Å². The van der Waals surface area contributed by atoms with Crippen LogP contribution < -0.4 is 0 Å². The van der Waals surface area contributed by atoms with Crippen molar-refractivity contribution in [3.63, 3.8) is 0 Å². The number of hydrogen-bond donors (Lipinski definition) is 1. The summed E-state index contributed by atoms with van der Waals surface area (Å²) in [4.78, 5) is 0. The third-order valence-corrected chi connectivity index (χ3v) is 1.98. The van der Waals surface area contributed by atoms with E-state index in [4.69, 9.17) is 49.7 Å². The van der Waals surface area contributed by atoms with Crippen molar-refractivity contribution in [1.82, 2.24) is 0 Å². The van der Waals surface area contributed by atoms with Crippen molar-refractivity contribution in [2.24, 2.45) is 0 Å². The number of nitrogens with one attached hydrogen (secondary N) is 1. The standard InChI is InChI=1S/C6H8Cl3NO2/c1-5(2)3(10)11-4(12-5)6(7,8)9/h4,10H,1-2H3. The van der Waals surface area contributed by atoms with E-state index >= 15 is 0 Å². The van der Waals surface area contributed by atoms with E-state index in [2.05, 4.69) is 0 Å². The van der Waals surface area contributed by atoms with E-state index in [9.17, 15) is 0 Å². The molecule has 0 aromatic carbocycles. The summed E-state index contributed by atoms with van der Waals surface area (Å²) in [5.74, 6) is -0.0289. The Kier molecular flexibility index (Phi) is 2.52. The van der Waals surface area contributed by atoms with Crippen LogP contribution in [-0.2, 0) is 9.47 Å². The van der Waals surface area contributed by atoms with Gasteiger partial charge in [0, 0.05) is 0 Å². The third kappa shape index (κ3) is 1.96. The molecule has 1 fully saturated rings. The zero-order chi connectivity index (χ0) is 9.57. The van der Waals surface area contributed by atoms with Crippen molar-refractivity contribution in [2.75, 3.05) is 0 Å². The number of rotatable bonds is 0. The Morgan fingerprint density at radius 3 is 2.08 bits per heavy atom. The van der Waals surface area contributed by atoms with E-state index in [0.29, 0.717) is 0 Å². The van der Waals surface area contributed by atoms with Crippen molar-refractivity contribution in [3.05, 3.63) is 0 Å². The number of hydrogen-bond acceptors (Lipinski definition) is 3. The van der Waals surface area contributed by atoms with Gasteiger partial charge in [0.15, 0.2) is 0 Å². The lowest BCUT2D eigenvalue weighted by Crippen LogP contribution is -2.30. The summed E-state index contributed by atoms with van der Waals surface area (Å²) in [6.45, 7) is 3.34. The first kappa shape index (κ1) is 10.4. The molecule has 0 amide bonds. The Balaban J connectivity index is 2.74. The summed E-state index contributed by atoms with van der Waals surface area (Å²) < 4.78 is 8.44. The molecular weight excluding hydrogens is 224 g/mol. The van der Waals surface area contributed by atoms with Gasteiger partial charge in [0.25, 0.3) is 3.79 Å². The predicted molar refractivity (Wildman–Crippen MR) is 48.1 cm³/mol. The van der Waals surface area contributed by atoms with Gasteiger partial charge < -0.3 is 9.47 Å². The first-order chi connectivity index (χ1) is 5.23. The van der Waals surface area contributed by atoms with Gasteiger partial charge in [-0.2, -0.15) is 0 Å². The normalized spacial score (nSPS) is 28.8. The molecule has 1 aliphatic heterocycles. The highest BCUT2D eigenvalue weighted by atomic mass is 35.6. The van der Waals surface area contributed by atoms with Gasteiger partial charge >= 0.3 is 0 Å². The average Bonchev–Trinajstić information content (AvgIpc) is 2.06. The minimum atomic E-state index is -1.65. The fourth-order valence-corrected chi connectivity index (χ4v) is 0.995. The minimum Gasteiger partial charge on any atom is -0.445 e. The summed E-state index contributed by atoms with van der Waals surface area (Å²) in [6, 6.07) is 0. The molecule has 0 aromatic rings. The summed E-state index contributed by atoms with van der Waals surface area (Å²) in [6.07, 6.45) is -0.995. The van der Waals surface area contributed by atoms with Gasteiger partial charge in [0.2, 0.25) is 12.2 Å². The Bertz CT molecular complexity index is 211. The van der Waals surface area contributed by atoms with E-state index in [-0.39, 0.29) is 5.90 Å².